The first kappa shape index (κ1) is 49.4. The van der Waals surface area contributed by atoms with Crippen molar-refractivity contribution in [1.29, 1.82) is 0 Å². The molecule has 13 heteroatoms. The molecule has 0 spiro atoms. The molecule has 0 bridgehead atoms. The summed E-state index contributed by atoms with van der Waals surface area (Å²) in [5.74, 6) is 0. The van der Waals surface area contributed by atoms with Gasteiger partial charge in [-0.25, -0.2) is 8.37 Å². The Balaban J connectivity index is -0.0000000742. The third-order valence-electron chi connectivity index (χ3n) is 5.46. The molecule has 214 valence electrons. The molecule has 0 saturated carbocycles. The van der Waals surface area contributed by atoms with Crippen molar-refractivity contribution in [3.8, 4) is 0 Å². The van der Waals surface area contributed by atoms with Gasteiger partial charge in [0.1, 0.15) is 0 Å². The molecule has 0 amide bonds. The van der Waals surface area contributed by atoms with Crippen LogP contribution in [0.5, 0.6) is 0 Å². The molecule has 0 aromatic heterocycles. The number of rotatable bonds is 24. The Bertz CT molecular complexity index is 583. The average Bonchev–Trinajstić information content (AvgIpc) is 2.75. The minimum atomic E-state index is -4.23. The molecular weight excluding hydrogens is 549 g/mol. The number of unbranched alkanes of at least 4 members (excludes halogenated alkanes) is 18. The predicted octanol–water partition coefficient (Wildman–Crippen LogP) is -1.20. The van der Waals surface area contributed by atoms with E-state index in [1.54, 1.807) is 0 Å². The van der Waals surface area contributed by atoms with Crippen LogP contribution in [-0.4, -0.2) is 39.2 Å². The summed E-state index contributed by atoms with van der Waals surface area (Å²) in [6.45, 7) is 4.62. The second-order valence-electron chi connectivity index (χ2n) is 8.86. The summed E-state index contributed by atoms with van der Waals surface area (Å²) in [7, 11) is -8.47. The van der Waals surface area contributed by atoms with E-state index in [1.807, 2.05) is 0 Å². The Hall–Kier alpha value is 2.74. The Morgan fingerprint density at radius 3 is 0.811 bits per heavy atom. The zero-order valence-electron chi connectivity index (χ0n) is 27.7. The van der Waals surface area contributed by atoms with Crippen LogP contribution in [0, 0.1) is 0 Å². The Labute approximate surface area is 300 Å². The van der Waals surface area contributed by atoms with Crippen molar-refractivity contribution >= 4 is 20.8 Å². The second kappa shape index (κ2) is 36.8. The van der Waals surface area contributed by atoms with Crippen LogP contribution in [0.3, 0.4) is 0 Å². The van der Waals surface area contributed by atoms with Gasteiger partial charge >= 0.3 is 109 Å². The van der Waals surface area contributed by atoms with Gasteiger partial charge in [-0.15, -0.1) is 0 Å². The normalized spacial score (nSPS) is 10.9. The molecule has 0 aromatic rings. The molecule has 0 rings (SSSR count). The first-order valence-electron chi connectivity index (χ1n) is 13.4. The van der Waals surface area contributed by atoms with Crippen LogP contribution in [0.2, 0.25) is 0 Å². The predicted molar refractivity (Wildman–Crippen MR) is 142 cm³/mol. The summed E-state index contributed by atoms with van der Waals surface area (Å²) >= 11 is 0. The minimum Gasteiger partial charge on any atom is -1.00 e. The first-order valence-corrected chi connectivity index (χ1v) is 16.1. The van der Waals surface area contributed by atoms with Gasteiger partial charge in [-0.2, -0.15) is 16.8 Å². The molecule has 0 aliphatic heterocycles. The van der Waals surface area contributed by atoms with Crippen molar-refractivity contribution in [2.24, 2.45) is 0 Å². The van der Waals surface area contributed by atoms with Crippen LogP contribution in [-0.2, 0) is 29.2 Å². The van der Waals surface area contributed by atoms with Gasteiger partial charge in [0.25, 0.3) is 0 Å². The smallest absolute Gasteiger partial charge is 1.00 e. The monoisotopic (exact) mass is 604 g/mol. The van der Waals surface area contributed by atoms with Crippen LogP contribution >= 0.6 is 0 Å². The van der Waals surface area contributed by atoms with Gasteiger partial charge in [-0.3, -0.25) is 9.11 Å². The fourth-order valence-corrected chi connectivity index (χ4v) is 4.16. The van der Waals surface area contributed by atoms with Crippen LogP contribution in [0.15, 0.2) is 0 Å². The van der Waals surface area contributed by atoms with Gasteiger partial charge in [0.05, 0.1) is 13.2 Å². The van der Waals surface area contributed by atoms with E-state index in [9.17, 15) is 16.8 Å². The van der Waals surface area contributed by atoms with Gasteiger partial charge in [0.15, 0.2) is 0 Å². The molecule has 8 nitrogen and oxygen atoms in total. The molecule has 0 aromatic carbocycles. The molecule has 0 unspecified atom stereocenters. The van der Waals surface area contributed by atoms with Gasteiger partial charge in [-0.1, -0.05) is 129 Å². The van der Waals surface area contributed by atoms with E-state index in [1.165, 1.54) is 89.9 Å². The summed E-state index contributed by atoms with van der Waals surface area (Å²) in [5, 5.41) is 0. The van der Waals surface area contributed by atoms with Crippen molar-refractivity contribution in [1.82, 2.24) is 0 Å². The fourth-order valence-electron chi connectivity index (χ4n) is 3.51. The molecule has 2 N–H and O–H groups in total. The maximum absolute atomic E-state index is 10.2. The maximum atomic E-state index is 10.2. The van der Waals surface area contributed by atoms with Crippen molar-refractivity contribution in [2.75, 3.05) is 13.2 Å². The van der Waals surface area contributed by atoms with Gasteiger partial charge < -0.3 is 4.28 Å². The van der Waals surface area contributed by atoms with Crippen molar-refractivity contribution in [3.63, 3.8) is 0 Å². The molecule has 0 fully saturated rings. The molecule has 0 saturated heterocycles. The Morgan fingerprint density at radius 2 is 0.622 bits per heavy atom. The van der Waals surface area contributed by atoms with E-state index < -0.39 is 20.8 Å². The molecule has 0 atom stereocenters. The average molecular weight is 605 g/mol. The van der Waals surface area contributed by atoms with E-state index in [2.05, 4.69) is 22.2 Å². The zero-order chi connectivity index (χ0) is 26.0. The molecule has 0 radical (unpaired) electrons. The van der Waals surface area contributed by atoms with E-state index in [4.69, 9.17) is 9.11 Å². The van der Waals surface area contributed by atoms with Crippen LogP contribution < -0.4 is 88.7 Å². The topological polar surface area (TPSA) is 127 Å². The molecule has 37 heavy (non-hydrogen) atoms. The largest absolute Gasteiger partial charge is 1.00 e. The van der Waals surface area contributed by atoms with Gasteiger partial charge in [0, 0.05) is 0 Å². The van der Waals surface area contributed by atoms with Crippen molar-refractivity contribution < 1.29 is 127 Å². The minimum absolute atomic E-state index is 0. The SMILES string of the molecule is CCCCCCCCCCCCOS(=O)(=O)O.CCCCCCCCCCCCOS(=O)(=O)O.[H-].[H-].[H-].[Na+].[Na+].[Na+]. The third kappa shape index (κ3) is 55.3. The van der Waals surface area contributed by atoms with E-state index in [0.29, 0.717) is 12.8 Å². The van der Waals surface area contributed by atoms with E-state index >= 15 is 0 Å². The second-order valence-corrected chi connectivity index (χ2v) is 11.0. The standard InChI is InChI=1S/2C12H26O4S.3Na.3H/c2*1-2-3-4-5-6-7-8-9-10-11-12-16-17(13,14)15;;;;;;/h2*2-12H2,1H3,(H,13,14,15);;;;;;/q;;3*+1;3*-1. The summed E-state index contributed by atoms with van der Waals surface area (Å²) < 4.78 is 66.0. The first-order chi connectivity index (χ1) is 16.1. The zero-order valence-corrected chi connectivity index (χ0v) is 32.3. The van der Waals surface area contributed by atoms with Crippen LogP contribution in [0.4, 0.5) is 0 Å². The molecule has 0 aliphatic rings. The van der Waals surface area contributed by atoms with Crippen LogP contribution in [0.1, 0.15) is 147 Å². The third-order valence-corrected chi connectivity index (χ3v) is 6.39. The fraction of sp³-hybridized carbons (Fsp3) is 1.00. The molecule has 0 aliphatic carbocycles. The summed E-state index contributed by atoms with van der Waals surface area (Å²) in [5.41, 5.74) is 0. The Kier molecular flexibility index (Phi) is 49.1. The Morgan fingerprint density at radius 1 is 0.432 bits per heavy atom. The maximum Gasteiger partial charge on any atom is 1.00 e. The molecule has 0 heterocycles. The summed E-state index contributed by atoms with van der Waals surface area (Å²) in [6, 6.07) is 0. The van der Waals surface area contributed by atoms with Gasteiger partial charge in [0.2, 0.25) is 0 Å². The van der Waals surface area contributed by atoms with Gasteiger partial charge in [-0.05, 0) is 12.8 Å². The van der Waals surface area contributed by atoms with E-state index in [-0.39, 0.29) is 106 Å². The quantitative estimate of drug-likeness (QED) is 0.0800. The summed E-state index contributed by atoms with van der Waals surface area (Å²) in [4.78, 5) is 0. The van der Waals surface area contributed by atoms with Crippen molar-refractivity contribution in [3.05, 3.63) is 0 Å². The number of hydrogen-bond donors (Lipinski definition) is 2. The summed E-state index contributed by atoms with van der Waals surface area (Å²) in [6.07, 6.45) is 23.7. The van der Waals surface area contributed by atoms with Crippen LogP contribution in [0.25, 0.3) is 0 Å². The number of hydrogen-bond acceptors (Lipinski definition) is 6. The van der Waals surface area contributed by atoms with Crippen molar-refractivity contribution in [2.45, 2.75) is 142 Å². The molecular formula is C24H55Na3O8S2. The van der Waals surface area contributed by atoms with E-state index in [0.717, 1.165) is 25.7 Å².